The smallest absolute Gasteiger partial charge is 0.0725 e. The Labute approximate surface area is 708 Å². The van der Waals surface area contributed by atoms with Crippen LogP contribution in [0.3, 0.4) is 0 Å². The Morgan fingerprint density at radius 1 is 0.213 bits per heavy atom. The molecule has 3 aromatic heterocycles. The molecular weight excluding hydrogens is 1480 g/mol. The Morgan fingerprint density at radius 2 is 0.574 bits per heavy atom. The van der Waals surface area contributed by atoms with Crippen LogP contribution >= 0.6 is 0 Å². The molecule has 0 fully saturated rings. The SMILES string of the molecule is C=Cc1ccccc1-c1ccc2c(c1)C1(c3ccccc3-c3ccc(-c4cccc(-n5c6ccccc6c6cc(-c7ccc(N(c8ccc(-c9ccccc9)cc8)c8ccc9c%10ccccc%10n(-c%10ccccc%10)c9c8)cc7)ccc65)c4)cc31)c1ccccc1-2.c1ccc(-c2ccc(Nc3ccc4c5ccccc5n(-c5ccccc5)c4c3)cc2)cc1. The second kappa shape index (κ2) is 29.5. The molecule has 5 heteroatoms. The Morgan fingerprint density at radius 3 is 1.15 bits per heavy atom. The second-order valence-electron chi connectivity index (χ2n) is 32.0. The molecule has 0 saturated carbocycles. The van der Waals surface area contributed by atoms with Crippen molar-refractivity contribution in [2.24, 2.45) is 0 Å². The molecule has 5 nitrogen and oxygen atoms in total. The fourth-order valence-corrected chi connectivity index (χ4v) is 19.8. The van der Waals surface area contributed by atoms with E-state index in [1.54, 1.807) is 0 Å². The number of fused-ring (bicyclic) bond motifs is 19. The molecule has 0 bridgehead atoms. The average molecular weight is 1550 g/mol. The van der Waals surface area contributed by atoms with Gasteiger partial charge in [0.25, 0.3) is 0 Å². The predicted octanol–water partition coefficient (Wildman–Crippen LogP) is 31.2. The van der Waals surface area contributed by atoms with Gasteiger partial charge in [0, 0.05) is 77.8 Å². The highest BCUT2D eigenvalue weighted by Gasteiger charge is 2.52. The zero-order chi connectivity index (χ0) is 80.8. The summed E-state index contributed by atoms with van der Waals surface area (Å²) in [6, 6.07) is 166. The summed E-state index contributed by atoms with van der Waals surface area (Å²) in [4.78, 5) is 2.39. The van der Waals surface area contributed by atoms with Gasteiger partial charge in [-0.15, -0.1) is 0 Å². The van der Waals surface area contributed by atoms with Gasteiger partial charge in [0.1, 0.15) is 0 Å². The lowest BCUT2D eigenvalue weighted by molar-refractivity contribution is 0.794. The summed E-state index contributed by atoms with van der Waals surface area (Å²) in [6.45, 7) is 4.20. The molecule has 24 rings (SSSR count). The number of hydrogen-bond donors (Lipinski definition) is 1. The van der Waals surface area contributed by atoms with Gasteiger partial charge in [0.05, 0.1) is 38.5 Å². The van der Waals surface area contributed by atoms with Crippen LogP contribution in [0, 0.1) is 0 Å². The fraction of sp³-hybridized carbons (Fsp3) is 0.00855. The number of nitrogens with one attached hydrogen (secondary N) is 1. The zero-order valence-corrected chi connectivity index (χ0v) is 66.9. The first kappa shape index (κ1) is 71.3. The van der Waals surface area contributed by atoms with Gasteiger partial charge < -0.3 is 23.9 Å². The molecule has 122 heavy (non-hydrogen) atoms. The molecule has 22 aromatic rings. The van der Waals surface area contributed by atoms with Gasteiger partial charge in [-0.25, -0.2) is 0 Å². The van der Waals surface area contributed by atoms with Crippen molar-refractivity contribution in [1.82, 2.24) is 13.7 Å². The molecule has 19 aromatic carbocycles. The Balaban J connectivity index is 0.000000225. The number of rotatable bonds is 14. The second-order valence-corrected chi connectivity index (χ2v) is 32.0. The molecule has 0 saturated heterocycles. The largest absolute Gasteiger partial charge is 0.355 e. The minimum Gasteiger partial charge on any atom is -0.355 e. The summed E-state index contributed by atoms with van der Waals surface area (Å²) in [5.41, 5.74) is 38.9. The van der Waals surface area contributed by atoms with E-state index in [2.05, 4.69) is 479 Å². The van der Waals surface area contributed by atoms with Crippen molar-refractivity contribution in [3.63, 3.8) is 0 Å². The standard InChI is InChI=1S/C87H57N3.C30H22N2/c1-2-57-20-9-10-27-70(57)64-41-49-74-72-29-12-16-33-80(72)87(82(74)55-64)79-32-15-11-28-71(79)73-48-40-63(54-81(73)87)61-23-19-26-68(52-61)90-84-35-18-14-31-76(84)78-53-62(42-51-85(78)90)60-38-45-67(46-39-60)88(66-43-36-59(37-44-66)58-21-5-3-6-22-58)69-47-50-77-75-30-13-17-34-83(75)89(86(77)56-69)65-24-7-4-8-25-65;1-3-9-22(10-4-1)23-15-17-24(18-16-23)31-25-19-20-28-27-13-7-8-14-29(27)32(30(28)21-25)26-11-5-2-6-12-26/h2-56H,1H2;1-21,31H. The summed E-state index contributed by atoms with van der Waals surface area (Å²) >= 11 is 0. The summed E-state index contributed by atoms with van der Waals surface area (Å²) in [5, 5.41) is 11.0. The van der Waals surface area contributed by atoms with Crippen LogP contribution in [0.4, 0.5) is 28.4 Å². The van der Waals surface area contributed by atoms with E-state index in [0.29, 0.717) is 0 Å². The van der Waals surface area contributed by atoms with Gasteiger partial charge in [0.15, 0.2) is 0 Å². The minimum atomic E-state index is -0.509. The number of benzene rings is 19. The lowest BCUT2D eigenvalue weighted by Gasteiger charge is -2.31. The van der Waals surface area contributed by atoms with Gasteiger partial charge >= 0.3 is 0 Å². The number of para-hydroxylation sites is 5. The molecule has 0 amide bonds. The van der Waals surface area contributed by atoms with Crippen molar-refractivity contribution in [3.8, 4) is 95.0 Å². The number of aromatic nitrogens is 3. The lowest BCUT2D eigenvalue weighted by Crippen LogP contribution is -2.26. The van der Waals surface area contributed by atoms with Crippen LogP contribution in [0.25, 0.3) is 166 Å². The van der Waals surface area contributed by atoms with E-state index in [9.17, 15) is 0 Å². The third-order valence-electron chi connectivity index (χ3n) is 25.3. The number of hydrogen-bond acceptors (Lipinski definition) is 2. The van der Waals surface area contributed by atoms with Gasteiger partial charge in [-0.05, 0) is 245 Å². The van der Waals surface area contributed by atoms with Gasteiger partial charge in [-0.1, -0.05) is 328 Å². The molecule has 1 N–H and O–H groups in total. The predicted molar refractivity (Wildman–Crippen MR) is 514 cm³/mol. The van der Waals surface area contributed by atoms with Crippen molar-refractivity contribution in [2.75, 3.05) is 10.2 Å². The van der Waals surface area contributed by atoms with Gasteiger partial charge in [0.2, 0.25) is 0 Å². The highest BCUT2D eigenvalue weighted by Crippen LogP contribution is 2.64. The van der Waals surface area contributed by atoms with E-state index >= 15 is 0 Å². The van der Waals surface area contributed by atoms with Crippen molar-refractivity contribution in [3.05, 3.63) is 489 Å². The first-order chi connectivity index (χ1) is 60.4. The van der Waals surface area contributed by atoms with Crippen molar-refractivity contribution >= 4 is 99.9 Å². The number of anilines is 5. The maximum Gasteiger partial charge on any atom is 0.0725 e. The Hall–Kier alpha value is -16.1. The molecule has 2 aliphatic rings. The highest BCUT2D eigenvalue weighted by atomic mass is 15.1. The summed E-state index contributed by atoms with van der Waals surface area (Å²) < 4.78 is 7.19. The molecule has 1 unspecified atom stereocenters. The minimum absolute atomic E-state index is 0.509. The molecule has 572 valence electrons. The fourth-order valence-electron chi connectivity index (χ4n) is 19.8. The molecule has 0 aliphatic heterocycles. The molecule has 0 radical (unpaired) electrons. The van der Waals surface area contributed by atoms with E-state index in [1.807, 2.05) is 12.1 Å². The lowest BCUT2D eigenvalue weighted by atomic mass is 9.70. The van der Waals surface area contributed by atoms with Crippen LogP contribution in [0.2, 0.25) is 0 Å². The first-order valence-corrected chi connectivity index (χ1v) is 42.0. The summed E-state index contributed by atoms with van der Waals surface area (Å²) in [6.07, 6.45) is 1.97. The van der Waals surface area contributed by atoms with Crippen LogP contribution < -0.4 is 10.2 Å². The van der Waals surface area contributed by atoms with Crippen molar-refractivity contribution in [1.29, 1.82) is 0 Å². The molecule has 1 spiro atoms. The van der Waals surface area contributed by atoms with E-state index in [-0.39, 0.29) is 0 Å². The summed E-state index contributed by atoms with van der Waals surface area (Å²) in [7, 11) is 0. The normalized spacial score (nSPS) is 13.0. The Bertz CT molecular complexity index is 7820. The van der Waals surface area contributed by atoms with E-state index < -0.39 is 5.41 Å². The van der Waals surface area contributed by atoms with E-state index in [1.165, 1.54) is 160 Å². The molecule has 1 atom stereocenters. The van der Waals surface area contributed by atoms with E-state index in [4.69, 9.17) is 0 Å². The molecule has 3 heterocycles. The van der Waals surface area contributed by atoms with Crippen LogP contribution in [0.15, 0.2) is 462 Å². The quantitative estimate of drug-likeness (QED) is 0.118. The van der Waals surface area contributed by atoms with Gasteiger partial charge in [-0.3, -0.25) is 0 Å². The van der Waals surface area contributed by atoms with Crippen LogP contribution in [0.5, 0.6) is 0 Å². The number of nitrogens with zero attached hydrogens (tertiary/aromatic N) is 4. The van der Waals surface area contributed by atoms with Crippen LogP contribution in [-0.4, -0.2) is 13.7 Å². The maximum absolute atomic E-state index is 4.20. The topological polar surface area (TPSA) is 30.1 Å². The average Bonchev–Trinajstić information content (AvgIpc) is 1.50. The third kappa shape index (κ3) is 11.8. The maximum atomic E-state index is 4.20. The van der Waals surface area contributed by atoms with Gasteiger partial charge in [-0.2, -0.15) is 0 Å². The zero-order valence-electron chi connectivity index (χ0n) is 66.9. The van der Waals surface area contributed by atoms with Crippen molar-refractivity contribution < 1.29 is 0 Å². The third-order valence-corrected chi connectivity index (χ3v) is 25.3. The highest BCUT2D eigenvalue weighted by molar-refractivity contribution is 6.13. The molecule has 2 aliphatic carbocycles. The first-order valence-electron chi connectivity index (χ1n) is 42.0. The summed E-state index contributed by atoms with van der Waals surface area (Å²) in [5.74, 6) is 0. The van der Waals surface area contributed by atoms with E-state index in [0.717, 1.165) is 56.5 Å². The Kier molecular flexibility index (Phi) is 17.2. The monoisotopic (exact) mass is 1550 g/mol. The molecular formula is C117H79N5. The van der Waals surface area contributed by atoms with Crippen LogP contribution in [-0.2, 0) is 5.41 Å². The van der Waals surface area contributed by atoms with Crippen molar-refractivity contribution in [2.45, 2.75) is 5.41 Å². The van der Waals surface area contributed by atoms with Crippen LogP contribution in [0.1, 0.15) is 27.8 Å².